The maximum absolute atomic E-state index is 13.6. The van der Waals surface area contributed by atoms with Crippen LogP contribution in [0.4, 0.5) is 13.2 Å². The first-order valence-corrected chi connectivity index (χ1v) is 4.51. The van der Waals surface area contributed by atoms with Crippen molar-refractivity contribution in [1.82, 2.24) is 0 Å². The van der Waals surface area contributed by atoms with Crippen LogP contribution in [0, 0.1) is 5.82 Å². The number of alkyl halides is 2. The van der Waals surface area contributed by atoms with Crippen LogP contribution >= 0.6 is 0 Å². The van der Waals surface area contributed by atoms with Crippen molar-refractivity contribution >= 4 is 12.3 Å². The number of aliphatic carboxylic acids is 1. The third-order valence-electron chi connectivity index (χ3n) is 2.02. The van der Waals surface area contributed by atoms with E-state index < -0.39 is 41.4 Å². The van der Waals surface area contributed by atoms with Crippen LogP contribution in [0.25, 0.3) is 0 Å². The lowest BCUT2D eigenvalue weighted by atomic mass is 10.0. The summed E-state index contributed by atoms with van der Waals surface area (Å²) in [6.07, 6.45) is -2.36. The quantitative estimate of drug-likeness (QED) is 0.784. The smallest absolute Gasteiger partial charge is 0.387 e. The van der Waals surface area contributed by atoms with Gasteiger partial charge in [-0.25, -0.2) is 9.18 Å². The van der Waals surface area contributed by atoms with E-state index in [1.807, 2.05) is 0 Å². The predicted molar refractivity (Wildman–Crippen MR) is 51.0 cm³/mol. The Morgan fingerprint density at radius 1 is 1.39 bits per heavy atom. The number of benzene rings is 1. The molecule has 0 aliphatic rings. The monoisotopic (exact) mass is 264 g/mol. The third-order valence-corrected chi connectivity index (χ3v) is 2.02. The van der Waals surface area contributed by atoms with Crippen LogP contribution < -0.4 is 4.74 Å². The molecule has 0 saturated heterocycles. The van der Waals surface area contributed by atoms with Crippen molar-refractivity contribution in [3.8, 4) is 5.75 Å². The highest BCUT2D eigenvalue weighted by Gasteiger charge is 2.27. The summed E-state index contributed by atoms with van der Waals surface area (Å²) in [5.74, 6) is -4.13. The largest absolute Gasteiger partial charge is 0.479 e. The molecule has 0 spiro atoms. The van der Waals surface area contributed by atoms with E-state index >= 15 is 0 Å². The minimum absolute atomic E-state index is 0.0551. The van der Waals surface area contributed by atoms with Gasteiger partial charge in [0.1, 0.15) is 11.6 Å². The van der Waals surface area contributed by atoms with Crippen molar-refractivity contribution in [1.29, 1.82) is 0 Å². The first kappa shape index (κ1) is 14.0. The molecule has 0 aliphatic heterocycles. The van der Waals surface area contributed by atoms with Crippen LogP contribution in [0.15, 0.2) is 12.1 Å². The van der Waals surface area contributed by atoms with Crippen molar-refractivity contribution in [2.75, 3.05) is 0 Å². The van der Waals surface area contributed by atoms with E-state index in [9.17, 15) is 27.9 Å². The molecule has 98 valence electrons. The van der Waals surface area contributed by atoms with Gasteiger partial charge in [0.05, 0.1) is 11.1 Å². The van der Waals surface area contributed by atoms with Crippen LogP contribution in [0.2, 0.25) is 0 Å². The highest BCUT2D eigenvalue weighted by atomic mass is 19.3. The van der Waals surface area contributed by atoms with Crippen molar-refractivity contribution in [3.63, 3.8) is 0 Å². The van der Waals surface area contributed by atoms with Crippen molar-refractivity contribution in [2.45, 2.75) is 12.7 Å². The van der Waals surface area contributed by atoms with Crippen molar-refractivity contribution in [3.05, 3.63) is 29.1 Å². The van der Waals surface area contributed by atoms with Crippen LogP contribution in [-0.4, -0.2) is 29.1 Å². The van der Waals surface area contributed by atoms with Crippen LogP contribution in [0.5, 0.6) is 5.75 Å². The normalized spacial score (nSPS) is 12.3. The summed E-state index contributed by atoms with van der Waals surface area (Å²) in [7, 11) is 0. The first-order valence-electron chi connectivity index (χ1n) is 4.51. The average molecular weight is 264 g/mol. The highest BCUT2D eigenvalue weighted by molar-refractivity contribution is 5.80. The standard InChI is InChI=1S/C10H7F3O5/c11-7-4(3-14)1-2-5(18-10(12)13)6(7)8(15)9(16)17/h1-3,8,10,15H,(H,16,17). The molecule has 5 nitrogen and oxygen atoms in total. The van der Waals surface area contributed by atoms with Crippen LogP contribution in [0.1, 0.15) is 22.0 Å². The maximum Gasteiger partial charge on any atom is 0.387 e. The summed E-state index contributed by atoms with van der Waals surface area (Å²) in [5, 5.41) is 17.7. The van der Waals surface area contributed by atoms with Crippen molar-refractivity contribution in [2.24, 2.45) is 0 Å². The molecule has 0 saturated carbocycles. The Kier molecular flexibility index (Phi) is 4.27. The summed E-state index contributed by atoms with van der Waals surface area (Å²) < 4.78 is 41.6. The highest BCUT2D eigenvalue weighted by Crippen LogP contribution is 2.31. The van der Waals surface area contributed by atoms with Crippen molar-refractivity contribution < 1.29 is 37.7 Å². The summed E-state index contributed by atoms with van der Waals surface area (Å²) >= 11 is 0. The second kappa shape index (κ2) is 5.50. The number of carbonyl (C=O) groups excluding carboxylic acids is 1. The number of carboxylic acids is 1. The summed E-state index contributed by atoms with van der Waals surface area (Å²) in [6.45, 7) is -3.33. The Balaban J connectivity index is 3.39. The SMILES string of the molecule is O=Cc1ccc(OC(F)F)c(C(O)C(=O)O)c1F. The lowest BCUT2D eigenvalue weighted by Gasteiger charge is -2.14. The van der Waals surface area contributed by atoms with Gasteiger partial charge in [0.2, 0.25) is 0 Å². The molecule has 18 heavy (non-hydrogen) atoms. The molecule has 0 aromatic heterocycles. The minimum Gasteiger partial charge on any atom is -0.479 e. The molecule has 1 rings (SSSR count). The number of carboxylic acid groups (broad SMARTS) is 1. The Labute approximate surface area is 98.4 Å². The first-order chi connectivity index (χ1) is 8.38. The molecule has 0 radical (unpaired) electrons. The Morgan fingerprint density at radius 3 is 2.44 bits per heavy atom. The Bertz CT molecular complexity index is 475. The van der Waals surface area contributed by atoms with Gasteiger partial charge in [-0.15, -0.1) is 0 Å². The van der Waals surface area contributed by atoms with Gasteiger partial charge in [-0.1, -0.05) is 0 Å². The molecule has 0 fully saturated rings. The number of hydrogen-bond acceptors (Lipinski definition) is 4. The van der Waals surface area contributed by atoms with Gasteiger partial charge in [0.25, 0.3) is 0 Å². The summed E-state index contributed by atoms with van der Waals surface area (Å²) in [6, 6.07) is 1.61. The van der Waals surface area contributed by atoms with Crippen LogP contribution in [0.3, 0.4) is 0 Å². The Hall–Kier alpha value is -2.09. The van der Waals surface area contributed by atoms with Crippen LogP contribution in [-0.2, 0) is 4.79 Å². The molecule has 8 heteroatoms. The van der Waals surface area contributed by atoms with E-state index in [4.69, 9.17) is 5.11 Å². The fraction of sp³-hybridized carbons (Fsp3) is 0.200. The molecule has 0 bridgehead atoms. The van der Waals surface area contributed by atoms with Gasteiger partial charge in [-0.05, 0) is 12.1 Å². The number of aliphatic hydroxyl groups excluding tert-OH is 1. The van der Waals surface area contributed by atoms with Gasteiger partial charge in [-0.2, -0.15) is 8.78 Å². The third kappa shape index (κ3) is 2.77. The van der Waals surface area contributed by atoms with Gasteiger partial charge in [0, 0.05) is 0 Å². The van der Waals surface area contributed by atoms with Gasteiger partial charge < -0.3 is 14.9 Å². The van der Waals surface area contributed by atoms with Gasteiger partial charge in [0.15, 0.2) is 12.4 Å². The fourth-order valence-electron chi connectivity index (χ4n) is 1.26. The topological polar surface area (TPSA) is 83.8 Å². The molecule has 1 aromatic carbocycles. The zero-order valence-electron chi connectivity index (χ0n) is 8.64. The Morgan fingerprint density at radius 2 is 2.00 bits per heavy atom. The number of rotatable bonds is 5. The van der Waals surface area contributed by atoms with E-state index in [0.29, 0.717) is 0 Å². The molecule has 1 unspecified atom stereocenters. The van der Waals surface area contributed by atoms with E-state index in [1.54, 1.807) is 0 Å². The zero-order chi connectivity index (χ0) is 13.9. The molecule has 0 heterocycles. The van der Waals surface area contributed by atoms with E-state index in [2.05, 4.69) is 4.74 Å². The number of ether oxygens (including phenoxy) is 1. The van der Waals surface area contributed by atoms with E-state index in [0.717, 1.165) is 12.1 Å². The lowest BCUT2D eigenvalue weighted by molar-refractivity contribution is -0.147. The molecule has 0 aliphatic carbocycles. The lowest BCUT2D eigenvalue weighted by Crippen LogP contribution is -2.16. The number of carbonyl (C=O) groups is 2. The average Bonchev–Trinajstić information content (AvgIpc) is 2.28. The number of hydrogen-bond donors (Lipinski definition) is 2. The minimum atomic E-state index is -3.33. The molecule has 2 N–H and O–H groups in total. The molecular weight excluding hydrogens is 257 g/mol. The number of aldehydes is 1. The number of halogens is 3. The van der Waals surface area contributed by atoms with Gasteiger partial charge >= 0.3 is 12.6 Å². The molecular formula is C10H7F3O5. The second-order valence-electron chi connectivity index (χ2n) is 3.12. The predicted octanol–water partition coefficient (Wildman–Crippen LogP) is 1.36. The second-order valence-corrected chi connectivity index (χ2v) is 3.12. The van der Waals surface area contributed by atoms with Gasteiger partial charge in [-0.3, -0.25) is 4.79 Å². The molecule has 1 atom stereocenters. The summed E-state index contributed by atoms with van der Waals surface area (Å²) in [5.41, 5.74) is -1.60. The zero-order valence-corrected chi connectivity index (χ0v) is 8.64. The fourth-order valence-corrected chi connectivity index (χ4v) is 1.26. The molecule has 0 amide bonds. The number of aliphatic hydroxyl groups is 1. The maximum atomic E-state index is 13.6. The summed E-state index contributed by atoms with van der Waals surface area (Å²) in [4.78, 5) is 21.0. The molecule has 1 aromatic rings. The van der Waals surface area contributed by atoms with E-state index in [1.165, 1.54) is 0 Å². The van der Waals surface area contributed by atoms with E-state index in [-0.39, 0.29) is 6.29 Å².